The number of hydrogen-bond donors (Lipinski definition) is 1. The summed E-state index contributed by atoms with van der Waals surface area (Å²) in [6.45, 7) is 2.50. The van der Waals surface area contributed by atoms with Gasteiger partial charge in [-0.1, -0.05) is 0 Å². The topological polar surface area (TPSA) is 93.9 Å². The SMILES string of the molecule is CC1CNC(=O)c2cnn3ccc(nc23)N2OCC[C@@H]2c2cc(F)cnc2O1. The van der Waals surface area contributed by atoms with E-state index in [4.69, 9.17) is 9.57 Å². The minimum atomic E-state index is -0.457. The first-order chi connectivity index (χ1) is 13.6. The molecule has 0 aromatic carbocycles. The van der Waals surface area contributed by atoms with Gasteiger partial charge >= 0.3 is 0 Å². The molecular formula is C18H17FN6O3. The fourth-order valence-electron chi connectivity index (χ4n) is 3.46. The van der Waals surface area contributed by atoms with Crippen molar-refractivity contribution in [3.8, 4) is 5.88 Å². The third kappa shape index (κ3) is 2.73. The number of nitrogens with zero attached hydrogens (tertiary/aromatic N) is 5. The van der Waals surface area contributed by atoms with Gasteiger partial charge in [0.05, 0.1) is 31.6 Å². The van der Waals surface area contributed by atoms with Gasteiger partial charge in [0.25, 0.3) is 5.91 Å². The Morgan fingerprint density at radius 1 is 1.36 bits per heavy atom. The molecule has 5 heterocycles. The molecule has 1 fully saturated rings. The summed E-state index contributed by atoms with van der Waals surface area (Å²) in [7, 11) is 0. The van der Waals surface area contributed by atoms with Gasteiger partial charge in [-0.05, 0) is 13.0 Å². The molecular weight excluding hydrogens is 367 g/mol. The largest absolute Gasteiger partial charge is 0.473 e. The van der Waals surface area contributed by atoms with E-state index in [0.29, 0.717) is 41.5 Å². The maximum absolute atomic E-state index is 14.0. The third-order valence-electron chi connectivity index (χ3n) is 4.80. The summed E-state index contributed by atoms with van der Waals surface area (Å²) in [6, 6.07) is 2.81. The second-order valence-electron chi connectivity index (χ2n) is 6.76. The highest BCUT2D eigenvalue weighted by atomic mass is 19.1. The molecule has 0 aliphatic carbocycles. The lowest BCUT2D eigenvalue weighted by atomic mass is 10.1. The molecule has 3 aromatic rings. The minimum absolute atomic E-state index is 0.249. The average molecular weight is 384 g/mol. The Kier molecular flexibility index (Phi) is 3.86. The van der Waals surface area contributed by atoms with E-state index in [1.165, 1.54) is 16.8 Å². The number of rotatable bonds is 0. The van der Waals surface area contributed by atoms with Gasteiger partial charge in [0, 0.05) is 24.2 Å². The van der Waals surface area contributed by atoms with Crippen molar-refractivity contribution < 1.29 is 18.8 Å². The summed E-state index contributed by atoms with van der Waals surface area (Å²) < 4.78 is 21.4. The van der Waals surface area contributed by atoms with E-state index in [1.54, 1.807) is 17.3 Å². The maximum atomic E-state index is 14.0. The number of anilines is 1. The van der Waals surface area contributed by atoms with E-state index < -0.39 is 5.82 Å². The molecule has 1 unspecified atom stereocenters. The molecule has 2 aliphatic rings. The maximum Gasteiger partial charge on any atom is 0.256 e. The van der Waals surface area contributed by atoms with Crippen LogP contribution in [0.5, 0.6) is 5.88 Å². The fourth-order valence-corrected chi connectivity index (χ4v) is 3.46. The van der Waals surface area contributed by atoms with Crippen molar-refractivity contribution in [1.29, 1.82) is 0 Å². The first-order valence-electron chi connectivity index (χ1n) is 8.97. The van der Waals surface area contributed by atoms with E-state index in [9.17, 15) is 9.18 Å². The Morgan fingerprint density at radius 2 is 2.25 bits per heavy atom. The van der Waals surface area contributed by atoms with Crippen LogP contribution in [0.3, 0.4) is 0 Å². The smallest absolute Gasteiger partial charge is 0.256 e. The molecule has 1 saturated heterocycles. The van der Waals surface area contributed by atoms with Gasteiger partial charge in [-0.25, -0.2) is 23.9 Å². The average Bonchev–Trinajstić information content (AvgIpc) is 3.33. The first kappa shape index (κ1) is 16.9. The molecule has 0 saturated carbocycles. The van der Waals surface area contributed by atoms with Gasteiger partial charge in [0.15, 0.2) is 11.5 Å². The lowest BCUT2D eigenvalue weighted by molar-refractivity contribution is 0.0932. The molecule has 0 spiro atoms. The Hall–Kier alpha value is -3.27. The van der Waals surface area contributed by atoms with Crippen molar-refractivity contribution in [2.24, 2.45) is 0 Å². The summed E-state index contributed by atoms with van der Waals surface area (Å²) in [5.74, 6) is 0.0421. The molecule has 2 atom stereocenters. The number of amides is 1. The number of hydroxylamine groups is 1. The Morgan fingerprint density at radius 3 is 3.14 bits per heavy atom. The molecule has 2 bridgehead atoms. The Bertz CT molecular complexity index is 1070. The predicted octanol–water partition coefficient (Wildman–Crippen LogP) is 1.66. The zero-order chi connectivity index (χ0) is 19.3. The monoisotopic (exact) mass is 384 g/mol. The summed E-state index contributed by atoms with van der Waals surface area (Å²) in [6.07, 6.45) is 4.54. The first-order valence-corrected chi connectivity index (χ1v) is 8.97. The molecule has 9 nitrogen and oxygen atoms in total. The van der Waals surface area contributed by atoms with Crippen molar-refractivity contribution in [3.05, 3.63) is 47.7 Å². The van der Waals surface area contributed by atoms with Crippen molar-refractivity contribution >= 4 is 17.4 Å². The van der Waals surface area contributed by atoms with Gasteiger partial charge in [-0.3, -0.25) is 9.63 Å². The van der Waals surface area contributed by atoms with Crippen LogP contribution in [0.4, 0.5) is 10.2 Å². The minimum Gasteiger partial charge on any atom is -0.473 e. The number of ether oxygens (including phenoxy) is 1. The molecule has 5 rings (SSSR count). The van der Waals surface area contributed by atoms with Crippen LogP contribution in [0.25, 0.3) is 5.65 Å². The molecule has 2 aliphatic heterocycles. The van der Waals surface area contributed by atoms with Crippen LogP contribution in [-0.2, 0) is 4.84 Å². The molecule has 1 N–H and O–H groups in total. The third-order valence-corrected chi connectivity index (χ3v) is 4.80. The molecule has 3 aromatic heterocycles. The second kappa shape index (κ2) is 6.41. The van der Waals surface area contributed by atoms with Crippen LogP contribution in [0.1, 0.15) is 35.3 Å². The van der Waals surface area contributed by atoms with Crippen molar-refractivity contribution in [2.45, 2.75) is 25.5 Å². The van der Waals surface area contributed by atoms with Crippen molar-refractivity contribution in [1.82, 2.24) is 24.9 Å². The zero-order valence-electron chi connectivity index (χ0n) is 15.0. The van der Waals surface area contributed by atoms with Crippen LogP contribution in [-0.4, -0.2) is 44.7 Å². The van der Waals surface area contributed by atoms with Gasteiger partial charge in [-0.2, -0.15) is 5.10 Å². The number of halogens is 1. The van der Waals surface area contributed by atoms with E-state index in [0.717, 1.165) is 6.20 Å². The lowest BCUT2D eigenvalue weighted by Gasteiger charge is -2.25. The summed E-state index contributed by atoms with van der Waals surface area (Å²) >= 11 is 0. The van der Waals surface area contributed by atoms with Crippen LogP contribution >= 0.6 is 0 Å². The molecule has 144 valence electrons. The number of aromatic nitrogens is 4. The number of carbonyl (C=O) groups is 1. The molecule has 0 radical (unpaired) electrons. The molecule has 28 heavy (non-hydrogen) atoms. The quantitative estimate of drug-likeness (QED) is 0.630. The Labute approximate surface area is 159 Å². The van der Waals surface area contributed by atoms with Crippen molar-refractivity contribution in [3.63, 3.8) is 0 Å². The second-order valence-corrected chi connectivity index (χ2v) is 6.76. The standard InChI is InChI=1S/C18H17FN6O3/c1-10-7-20-17(26)13-9-22-24-4-2-15(23-16(13)24)25-14(3-5-27-25)12-6-11(19)8-21-18(12)28-10/h2,4,6,8-10,14H,3,5,7H2,1H3,(H,20,26)/t10?,14-/m1/s1. The highest BCUT2D eigenvalue weighted by Crippen LogP contribution is 2.38. The fraction of sp³-hybridized carbons (Fsp3) is 0.333. The van der Waals surface area contributed by atoms with E-state index >= 15 is 0 Å². The van der Waals surface area contributed by atoms with Gasteiger partial charge in [0.2, 0.25) is 5.88 Å². The lowest BCUT2D eigenvalue weighted by Crippen LogP contribution is -2.34. The molecule has 10 heteroatoms. The van der Waals surface area contributed by atoms with Crippen molar-refractivity contribution in [2.75, 3.05) is 18.2 Å². The number of fused-ring (bicyclic) bond motifs is 5. The summed E-state index contributed by atoms with van der Waals surface area (Å²) in [5, 5.41) is 8.60. The summed E-state index contributed by atoms with van der Waals surface area (Å²) in [4.78, 5) is 27.1. The summed E-state index contributed by atoms with van der Waals surface area (Å²) in [5.41, 5.74) is 1.34. The van der Waals surface area contributed by atoms with E-state index in [2.05, 4.69) is 20.4 Å². The van der Waals surface area contributed by atoms with Crippen LogP contribution in [0.2, 0.25) is 0 Å². The number of nitrogens with one attached hydrogen (secondary N) is 1. The van der Waals surface area contributed by atoms with E-state index in [-0.39, 0.29) is 24.6 Å². The highest BCUT2D eigenvalue weighted by Gasteiger charge is 2.33. The van der Waals surface area contributed by atoms with Gasteiger partial charge < -0.3 is 10.1 Å². The normalized spacial score (nSPS) is 21.9. The number of hydrogen-bond acceptors (Lipinski definition) is 7. The van der Waals surface area contributed by atoms with Gasteiger partial charge in [-0.15, -0.1) is 0 Å². The van der Waals surface area contributed by atoms with Crippen LogP contribution < -0.4 is 15.1 Å². The van der Waals surface area contributed by atoms with Crippen LogP contribution in [0, 0.1) is 5.82 Å². The number of carbonyl (C=O) groups excluding carboxylic acids is 1. The highest BCUT2D eigenvalue weighted by molar-refractivity contribution is 5.99. The van der Waals surface area contributed by atoms with Gasteiger partial charge in [0.1, 0.15) is 17.5 Å². The predicted molar refractivity (Wildman–Crippen MR) is 95.4 cm³/mol. The number of pyridine rings is 1. The zero-order valence-corrected chi connectivity index (χ0v) is 15.0. The van der Waals surface area contributed by atoms with Crippen LogP contribution in [0.15, 0.2) is 30.7 Å². The van der Waals surface area contributed by atoms with E-state index in [1.807, 2.05) is 6.92 Å². The Balaban J connectivity index is 1.69. The molecule has 1 amide bonds.